The van der Waals surface area contributed by atoms with Gasteiger partial charge < -0.3 is 10.1 Å². The van der Waals surface area contributed by atoms with E-state index in [1.807, 2.05) is 10.9 Å². The molecule has 0 saturated carbocycles. The van der Waals surface area contributed by atoms with Gasteiger partial charge in [-0.25, -0.2) is 0 Å². The smallest absolute Gasteiger partial charge is 0.157 e. The zero-order valence-corrected chi connectivity index (χ0v) is 12.0. The van der Waals surface area contributed by atoms with Crippen LogP contribution < -0.4 is 10.1 Å². The van der Waals surface area contributed by atoms with Crippen LogP contribution in [-0.4, -0.2) is 29.5 Å². The van der Waals surface area contributed by atoms with Crippen LogP contribution >= 0.6 is 0 Å². The van der Waals surface area contributed by atoms with Gasteiger partial charge in [-0.2, -0.15) is 5.10 Å². The van der Waals surface area contributed by atoms with Gasteiger partial charge in [0.15, 0.2) is 5.75 Å². The lowest BCUT2D eigenvalue weighted by molar-refractivity contribution is 0.312. The molecule has 0 unspecified atom stereocenters. The quantitative estimate of drug-likeness (QED) is 0.651. The molecule has 0 aliphatic carbocycles. The van der Waals surface area contributed by atoms with Crippen LogP contribution in [0.4, 0.5) is 0 Å². The van der Waals surface area contributed by atoms with Gasteiger partial charge in [0.25, 0.3) is 0 Å². The van der Waals surface area contributed by atoms with E-state index in [9.17, 15) is 0 Å². The van der Waals surface area contributed by atoms with Crippen LogP contribution in [0.15, 0.2) is 12.4 Å². The highest BCUT2D eigenvalue weighted by atomic mass is 16.5. The van der Waals surface area contributed by atoms with E-state index in [-0.39, 0.29) is 0 Å². The molecule has 104 valence electrons. The first-order chi connectivity index (χ1) is 8.74. The van der Waals surface area contributed by atoms with Crippen molar-refractivity contribution in [1.82, 2.24) is 15.1 Å². The van der Waals surface area contributed by atoms with Crippen molar-refractivity contribution in [1.29, 1.82) is 0 Å². The molecule has 0 radical (unpaired) electrons. The Morgan fingerprint density at radius 3 is 2.78 bits per heavy atom. The highest BCUT2D eigenvalue weighted by molar-refractivity contribution is 5.11. The lowest BCUT2D eigenvalue weighted by atomic mass is 10.2. The van der Waals surface area contributed by atoms with Gasteiger partial charge in [0.05, 0.1) is 12.4 Å². The summed E-state index contributed by atoms with van der Waals surface area (Å²) in [5.41, 5.74) is 0. The molecule has 4 nitrogen and oxygen atoms in total. The number of nitrogens with zero attached hydrogens (tertiary/aromatic N) is 2. The molecule has 0 aliphatic rings. The molecular formula is C14H27N3O. The summed E-state index contributed by atoms with van der Waals surface area (Å²) in [5.74, 6) is 0.858. The highest BCUT2D eigenvalue weighted by Crippen LogP contribution is 2.11. The first kappa shape index (κ1) is 15.0. The van der Waals surface area contributed by atoms with Crippen LogP contribution in [0.1, 0.15) is 52.5 Å². The van der Waals surface area contributed by atoms with Crippen LogP contribution in [-0.2, 0) is 0 Å². The molecule has 1 N–H and O–H groups in total. The number of ether oxygens (including phenoxy) is 1. The fraction of sp³-hybridized carbons (Fsp3) is 0.786. The molecule has 1 aromatic heterocycles. The molecule has 0 atom stereocenters. The summed E-state index contributed by atoms with van der Waals surface area (Å²) in [4.78, 5) is 0. The molecule has 0 fully saturated rings. The predicted octanol–water partition coefficient (Wildman–Crippen LogP) is 3.01. The van der Waals surface area contributed by atoms with E-state index < -0.39 is 0 Å². The maximum Gasteiger partial charge on any atom is 0.157 e. The molecule has 0 aliphatic heterocycles. The lowest BCUT2D eigenvalue weighted by Gasteiger charge is -2.06. The summed E-state index contributed by atoms with van der Waals surface area (Å²) in [6.45, 7) is 9.15. The molecule has 0 spiro atoms. The fourth-order valence-electron chi connectivity index (χ4n) is 1.72. The SMILES string of the molecule is CCCCCCNCCOc1cnn(C(C)C)c1. The molecule has 0 bridgehead atoms. The fourth-order valence-corrected chi connectivity index (χ4v) is 1.72. The van der Waals surface area contributed by atoms with Crippen LogP contribution in [0.5, 0.6) is 5.75 Å². The first-order valence-electron chi connectivity index (χ1n) is 7.11. The van der Waals surface area contributed by atoms with Crippen molar-refractivity contribution in [2.45, 2.75) is 52.5 Å². The minimum absolute atomic E-state index is 0.388. The molecule has 0 saturated heterocycles. The van der Waals surface area contributed by atoms with Gasteiger partial charge in [0, 0.05) is 12.6 Å². The molecule has 0 aromatic carbocycles. The Kier molecular flexibility index (Phi) is 7.49. The number of rotatable bonds is 10. The third-order valence-corrected chi connectivity index (χ3v) is 2.86. The number of aromatic nitrogens is 2. The Hall–Kier alpha value is -1.03. The Morgan fingerprint density at radius 2 is 2.11 bits per heavy atom. The Balaban J connectivity index is 2.00. The number of hydrogen-bond donors (Lipinski definition) is 1. The summed E-state index contributed by atoms with van der Waals surface area (Å²) in [5, 5.41) is 7.63. The molecule has 0 amide bonds. The van der Waals surface area contributed by atoms with Gasteiger partial charge in [-0.3, -0.25) is 4.68 Å². The first-order valence-corrected chi connectivity index (χ1v) is 7.11. The van der Waals surface area contributed by atoms with Crippen molar-refractivity contribution in [3.05, 3.63) is 12.4 Å². The van der Waals surface area contributed by atoms with Crippen molar-refractivity contribution in [3.8, 4) is 5.75 Å². The minimum atomic E-state index is 0.388. The molecule has 4 heteroatoms. The second-order valence-electron chi connectivity index (χ2n) is 4.91. The van der Waals surface area contributed by atoms with E-state index in [1.54, 1.807) is 6.20 Å². The zero-order chi connectivity index (χ0) is 13.2. The standard InChI is InChI=1S/C14H27N3O/c1-4-5-6-7-8-15-9-10-18-14-11-16-17(12-14)13(2)3/h11-13,15H,4-10H2,1-3H3. The van der Waals surface area contributed by atoms with Crippen molar-refractivity contribution in [3.63, 3.8) is 0 Å². The van der Waals surface area contributed by atoms with Gasteiger partial charge in [-0.15, -0.1) is 0 Å². The van der Waals surface area contributed by atoms with E-state index in [2.05, 4.69) is 31.2 Å². The summed E-state index contributed by atoms with van der Waals surface area (Å²) in [7, 11) is 0. The molecular weight excluding hydrogens is 226 g/mol. The van der Waals surface area contributed by atoms with Crippen LogP contribution in [0.25, 0.3) is 0 Å². The van der Waals surface area contributed by atoms with E-state index in [4.69, 9.17) is 4.74 Å². The van der Waals surface area contributed by atoms with Gasteiger partial charge in [-0.1, -0.05) is 26.2 Å². The third-order valence-electron chi connectivity index (χ3n) is 2.86. The molecule has 1 rings (SSSR count). The van der Waals surface area contributed by atoms with Crippen molar-refractivity contribution in [2.75, 3.05) is 19.7 Å². The molecule has 1 aromatic rings. The molecule has 18 heavy (non-hydrogen) atoms. The van der Waals surface area contributed by atoms with Crippen molar-refractivity contribution >= 4 is 0 Å². The Morgan fingerprint density at radius 1 is 1.28 bits per heavy atom. The lowest BCUT2D eigenvalue weighted by Crippen LogP contribution is -2.22. The van der Waals surface area contributed by atoms with Crippen LogP contribution in [0.2, 0.25) is 0 Å². The van der Waals surface area contributed by atoms with E-state index >= 15 is 0 Å². The maximum atomic E-state index is 5.62. The number of hydrogen-bond acceptors (Lipinski definition) is 3. The van der Waals surface area contributed by atoms with Gasteiger partial charge in [-0.05, 0) is 26.8 Å². The Bertz CT molecular complexity index is 310. The van der Waals surface area contributed by atoms with E-state index in [1.165, 1.54) is 25.7 Å². The topological polar surface area (TPSA) is 39.1 Å². The predicted molar refractivity (Wildman–Crippen MR) is 75.1 cm³/mol. The summed E-state index contributed by atoms with van der Waals surface area (Å²) >= 11 is 0. The Labute approximate surface area is 111 Å². The van der Waals surface area contributed by atoms with Gasteiger partial charge >= 0.3 is 0 Å². The van der Waals surface area contributed by atoms with E-state index in [0.29, 0.717) is 12.6 Å². The minimum Gasteiger partial charge on any atom is -0.489 e. The second-order valence-corrected chi connectivity index (χ2v) is 4.91. The summed E-state index contributed by atoms with van der Waals surface area (Å²) in [6, 6.07) is 0.388. The third kappa shape index (κ3) is 6.05. The summed E-state index contributed by atoms with van der Waals surface area (Å²) < 4.78 is 7.53. The highest BCUT2D eigenvalue weighted by Gasteiger charge is 2.01. The van der Waals surface area contributed by atoms with E-state index in [0.717, 1.165) is 18.8 Å². The largest absolute Gasteiger partial charge is 0.489 e. The van der Waals surface area contributed by atoms with Crippen molar-refractivity contribution in [2.24, 2.45) is 0 Å². The average Bonchev–Trinajstić information content (AvgIpc) is 2.81. The number of nitrogens with one attached hydrogen (secondary N) is 1. The molecule has 1 heterocycles. The monoisotopic (exact) mass is 253 g/mol. The maximum absolute atomic E-state index is 5.62. The average molecular weight is 253 g/mol. The van der Waals surface area contributed by atoms with Crippen LogP contribution in [0.3, 0.4) is 0 Å². The zero-order valence-electron chi connectivity index (χ0n) is 12.0. The van der Waals surface area contributed by atoms with Gasteiger partial charge in [0.1, 0.15) is 6.61 Å². The van der Waals surface area contributed by atoms with Crippen molar-refractivity contribution < 1.29 is 4.74 Å². The summed E-state index contributed by atoms with van der Waals surface area (Å²) in [6.07, 6.45) is 8.95. The number of unbranched alkanes of at least 4 members (excludes halogenated alkanes) is 3. The normalized spacial score (nSPS) is 11.1. The second kappa shape index (κ2) is 8.97. The van der Waals surface area contributed by atoms with Crippen LogP contribution in [0, 0.1) is 0 Å². The van der Waals surface area contributed by atoms with Gasteiger partial charge in [0.2, 0.25) is 0 Å².